The van der Waals surface area contributed by atoms with E-state index in [1.54, 1.807) is 5.32 Å². The Bertz CT molecular complexity index is 425. The SMILES string of the molecule is C[C@@]1(O)O[C@H](CO)[C@@H](O)[C@H](O)[C@]1(O)NC(=O)N(CCCl)N=O. The molecule has 0 bridgehead atoms. The number of aliphatic hydroxyl groups is 5. The van der Waals surface area contributed by atoms with Gasteiger partial charge in [-0.1, -0.05) is 0 Å². The monoisotopic (exact) mass is 343 g/mol. The quantitative estimate of drug-likeness (QED) is 0.137. The molecule has 12 heteroatoms. The lowest BCUT2D eigenvalue weighted by Crippen LogP contribution is -2.78. The molecule has 0 saturated carbocycles. The molecule has 0 aromatic carbocycles. The van der Waals surface area contributed by atoms with E-state index in [4.69, 9.17) is 21.4 Å². The van der Waals surface area contributed by atoms with Gasteiger partial charge in [0, 0.05) is 5.88 Å². The highest BCUT2D eigenvalue weighted by Gasteiger charge is 2.62. The predicted molar refractivity (Wildman–Crippen MR) is 71.3 cm³/mol. The number of ether oxygens (including phenoxy) is 1. The maximum absolute atomic E-state index is 11.8. The van der Waals surface area contributed by atoms with Gasteiger partial charge in [-0.15, -0.1) is 16.5 Å². The number of nitrogens with one attached hydrogen (secondary N) is 1. The third-order valence-electron chi connectivity index (χ3n) is 3.33. The molecule has 2 amide bonds. The van der Waals surface area contributed by atoms with Crippen molar-refractivity contribution in [2.75, 3.05) is 19.0 Å². The van der Waals surface area contributed by atoms with Gasteiger partial charge < -0.3 is 35.6 Å². The molecule has 0 spiro atoms. The Morgan fingerprint density at radius 3 is 2.50 bits per heavy atom. The third-order valence-corrected chi connectivity index (χ3v) is 3.50. The number of nitrogens with zero attached hydrogens (tertiary/aromatic N) is 2. The number of carbonyl (C=O) groups is 1. The third kappa shape index (κ3) is 3.30. The van der Waals surface area contributed by atoms with Gasteiger partial charge in [0.25, 0.3) is 0 Å². The molecule has 0 unspecified atom stereocenters. The zero-order valence-corrected chi connectivity index (χ0v) is 12.3. The fraction of sp³-hybridized carbons (Fsp3) is 0.900. The van der Waals surface area contributed by atoms with Crippen LogP contribution in [0.1, 0.15) is 6.92 Å². The van der Waals surface area contributed by atoms with Crippen LogP contribution in [-0.2, 0) is 4.74 Å². The van der Waals surface area contributed by atoms with Crippen LogP contribution in [0.15, 0.2) is 5.29 Å². The fourth-order valence-electron chi connectivity index (χ4n) is 2.00. The number of urea groups is 1. The van der Waals surface area contributed by atoms with E-state index >= 15 is 0 Å². The number of rotatable bonds is 5. The van der Waals surface area contributed by atoms with Gasteiger partial charge in [-0.25, -0.2) is 4.79 Å². The first kappa shape index (κ1) is 19.0. The first-order valence-corrected chi connectivity index (χ1v) is 6.76. The molecule has 1 aliphatic heterocycles. The molecule has 1 rings (SSSR count). The lowest BCUT2D eigenvalue weighted by molar-refractivity contribution is -0.387. The molecule has 0 aromatic rings. The molecule has 1 fully saturated rings. The fourth-order valence-corrected chi connectivity index (χ4v) is 2.16. The smallest absolute Gasteiger partial charge is 0.342 e. The Morgan fingerprint density at radius 1 is 1.45 bits per heavy atom. The van der Waals surface area contributed by atoms with Gasteiger partial charge in [0.1, 0.15) is 18.3 Å². The molecule has 11 nitrogen and oxygen atoms in total. The minimum Gasteiger partial charge on any atom is -0.394 e. The first-order chi connectivity index (χ1) is 10.1. The average Bonchev–Trinajstić information content (AvgIpc) is 2.46. The highest BCUT2D eigenvalue weighted by Crippen LogP contribution is 2.34. The van der Waals surface area contributed by atoms with Gasteiger partial charge in [-0.3, -0.25) is 0 Å². The van der Waals surface area contributed by atoms with Crippen molar-refractivity contribution in [2.24, 2.45) is 5.29 Å². The molecule has 6 N–H and O–H groups in total. The highest BCUT2D eigenvalue weighted by atomic mass is 35.5. The number of hydrogen-bond donors (Lipinski definition) is 6. The van der Waals surface area contributed by atoms with Crippen LogP contribution in [-0.4, -0.2) is 85.4 Å². The Morgan fingerprint density at radius 2 is 2.05 bits per heavy atom. The Kier molecular flexibility index (Phi) is 6.03. The predicted octanol–water partition coefficient (Wildman–Crippen LogP) is -2.57. The van der Waals surface area contributed by atoms with Crippen LogP contribution in [0.4, 0.5) is 4.79 Å². The number of nitroso groups, excluding NO2 is 1. The van der Waals surface area contributed by atoms with Crippen molar-refractivity contribution in [3.05, 3.63) is 4.91 Å². The zero-order valence-electron chi connectivity index (χ0n) is 11.6. The number of hydrogen-bond acceptors (Lipinski definition) is 9. The van der Waals surface area contributed by atoms with Crippen molar-refractivity contribution in [1.82, 2.24) is 10.3 Å². The van der Waals surface area contributed by atoms with E-state index in [9.17, 15) is 30.1 Å². The van der Waals surface area contributed by atoms with E-state index in [0.29, 0.717) is 5.01 Å². The topological polar surface area (TPSA) is 172 Å². The van der Waals surface area contributed by atoms with E-state index in [-0.39, 0.29) is 12.4 Å². The van der Waals surface area contributed by atoms with Crippen LogP contribution >= 0.6 is 11.6 Å². The molecular weight excluding hydrogens is 326 g/mol. The number of carbonyl (C=O) groups excluding carboxylic acids is 1. The minimum atomic E-state index is -2.87. The number of halogens is 1. The first-order valence-electron chi connectivity index (χ1n) is 6.23. The molecule has 1 saturated heterocycles. The van der Waals surface area contributed by atoms with Crippen molar-refractivity contribution >= 4 is 17.6 Å². The summed E-state index contributed by atoms with van der Waals surface area (Å²) in [6, 6.07) is -1.28. The minimum absolute atomic E-state index is 0.137. The summed E-state index contributed by atoms with van der Waals surface area (Å²) in [6.45, 7) is -0.161. The van der Waals surface area contributed by atoms with E-state index < -0.39 is 42.5 Å². The lowest BCUT2D eigenvalue weighted by Gasteiger charge is -2.51. The molecule has 0 aliphatic carbocycles. The summed E-state index contributed by atoms with van der Waals surface area (Å²) in [4.78, 5) is 22.3. The van der Waals surface area contributed by atoms with Crippen LogP contribution in [0.2, 0.25) is 0 Å². The van der Waals surface area contributed by atoms with E-state index in [0.717, 1.165) is 6.92 Å². The van der Waals surface area contributed by atoms with Gasteiger partial charge in [0.05, 0.1) is 18.4 Å². The van der Waals surface area contributed by atoms with Crippen molar-refractivity contribution in [1.29, 1.82) is 0 Å². The van der Waals surface area contributed by atoms with Crippen molar-refractivity contribution in [2.45, 2.75) is 36.7 Å². The van der Waals surface area contributed by atoms with Gasteiger partial charge >= 0.3 is 6.03 Å². The van der Waals surface area contributed by atoms with Crippen molar-refractivity contribution in [3.63, 3.8) is 0 Å². The molecule has 1 heterocycles. The Balaban J connectivity index is 3.03. The normalized spacial score (nSPS) is 38.4. The van der Waals surface area contributed by atoms with E-state index in [1.807, 2.05) is 0 Å². The highest BCUT2D eigenvalue weighted by molar-refractivity contribution is 6.18. The summed E-state index contributed by atoms with van der Waals surface area (Å²) in [5, 5.41) is 53.6. The summed E-state index contributed by atoms with van der Waals surface area (Å²) < 4.78 is 4.87. The van der Waals surface area contributed by atoms with E-state index in [2.05, 4.69) is 5.29 Å². The maximum Gasteiger partial charge on any atom is 0.342 e. The second-order valence-electron chi connectivity index (χ2n) is 4.85. The van der Waals surface area contributed by atoms with Gasteiger partial charge in [-0.05, 0) is 6.92 Å². The zero-order chi connectivity index (χ0) is 17.1. The van der Waals surface area contributed by atoms with Gasteiger partial charge in [0.2, 0.25) is 11.5 Å². The van der Waals surface area contributed by atoms with Crippen LogP contribution < -0.4 is 5.32 Å². The Hall–Kier alpha value is -1.08. The van der Waals surface area contributed by atoms with Crippen molar-refractivity contribution < 1.29 is 35.1 Å². The number of aliphatic hydroxyl groups excluding tert-OH is 3. The maximum atomic E-state index is 11.8. The van der Waals surface area contributed by atoms with Crippen LogP contribution in [0.25, 0.3) is 0 Å². The van der Waals surface area contributed by atoms with E-state index in [1.165, 1.54) is 0 Å². The van der Waals surface area contributed by atoms with Crippen LogP contribution in [0.3, 0.4) is 0 Å². The number of amides is 2. The standard InChI is InChI=1S/C10H18ClN3O8/c1-9(19)10(20,7(17)6(16)5(4-15)22-9)12-8(18)14(13-21)3-2-11/h5-7,15-17,19-20H,2-4H2,1H3,(H,12,18)/t5-,6-,7+,9-,10-/m1/s1. The lowest BCUT2D eigenvalue weighted by atomic mass is 9.87. The summed E-state index contributed by atoms with van der Waals surface area (Å²) in [5.74, 6) is -2.72. The summed E-state index contributed by atoms with van der Waals surface area (Å²) in [7, 11) is 0. The molecule has 1 aliphatic rings. The summed E-state index contributed by atoms with van der Waals surface area (Å²) in [6.07, 6.45) is -5.34. The molecular formula is C10H18ClN3O8. The average molecular weight is 344 g/mol. The largest absolute Gasteiger partial charge is 0.394 e. The van der Waals surface area contributed by atoms with Crippen LogP contribution in [0.5, 0.6) is 0 Å². The van der Waals surface area contributed by atoms with Gasteiger partial charge in [-0.2, -0.15) is 5.01 Å². The summed E-state index contributed by atoms with van der Waals surface area (Å²) in [5.41, 5.74) is -2.87. The Labute approximate surface area is 130 Å². The molecule has 22 heavy (non-hydrogen) atoms. The van der Waals surface area contributed by atoms with Gasteiger partial charge in [0.15, 0.2) is 0 Å². The molecule has 0 radical (unpaired) electrons. The molecule has 0 aromatic heterocycles. The molecule has 128 valence electrons. The molecule has 5 atom stereocenters. The second-order valence-corrected chi connectivity index (χ2v) is 5.23. The second kappa shape index (κ2) is 7.00. The number of alkyl halides is 1. The van der Waals surface area contributed by atoms with Crippen LogP contribution in [0, 0.1) is 4.91 Å². The summed E-state index contributed by atoms with van der Waals surface area (Å²) >= 11 is 5.37. The van der Waals surface area contributed by atoms with Crippen molar-refractivity contribution in [3.8, 4) is 0 Å².